The van der Waals surface area contributed by atoms with Crippen LogP contribution in [0.4, 0.5) is 14.6 Å². The number of hydrogen-bond donors (Lipinski definition) is 1. The molecule has 3 aromatic rings. The summed E-state index contributed by atoms with van der Waals surface area (Å²) in [5, 5.41) is 4.16. The number of nitrogens with zero attached hydrogens (tertiary/aromatic N) is 2. The predicted octanol–water partition coefficient (Wildman–Crippen LogP) is 4.70. The SMILES string of the molecule is CCOC(=O)Cn1c2nc(NC3CC(F)(F)C3)ccc2c(=O)c2ccc(Cl)c(SC)c21. The second kappa shape index (κ2) is 8.27. The summed E-state index contributed by atoms with van der Waals surface area (Å²) in [6.07, 6.45) is 1.28. The van der Waals surface area contributed by atoms with Crippen LogP contribution in [0, 0.1) is 0 Å². The lowest BCUT2D eigenvalue weighted by molar-refractivity contribution is -0.143. The molecule has 1 fully saturated rings. The Morgan fingerprint density at radius 2 is 2.03 bits per heavy atom. The summed E-state index contributed by atoms with van der Waals surface area (Å²) >= 11 is 7.73. The van der Waals surface area contributed by atoms with Gasteiger partial charge in [-0.3, -0.25) is 9.59 Å². The summed E-state index contributed by atoms with van der Waals surface area (Å²) in [6, 6.07) is 6.06. The number of pyridine rings is 2. The van der Waals surface area contributed by atoms with E-state index in [1.807, 2.05) is 6.26 Å². The van der Waals surface area contributed by atoms with Crippen LogP contribution < -0.4 is 10.7 Å². The maximum atomic E-state index is 13.2. The van der Waals surface area contributed by atoms with Crippen molar-refractivity contribution in [2.24, 2.45) is 0 Å². The molecule has 164 valence electrons. The van der Waals surface area contributed by atoms with E-state index >= 15 is 0 Å². The van der Waals surface area contributed by atoms with Crippen LogP contribution in [0.25, 0.3) is 21.9 Å². The number of fused-ring (bicyclic) bond motifs is 2. The van der Waals surface area contributed by atoms with Crippen LogP contribution in [0.5, 0.6) is 0 Å². The summed E-state index contributed by atoms with van der Waals surface area (Å²) in [6.45, 7) is 1.74. The molecule has 0 radical (unpaired) electrons. The molecule has 0 atom stereocenters. The lowest BCUT2D eigenvalue weighted by atomic mass is 9.88. The first-order chi connectivity index (χ1) is 14.7. The fraction of sp³-hybridized carbons (Fsp3) is 0.381. The summed E-state index contributed by atoms with van der Waals surface area (Å²) in [4.78, 5) is 30.7. The molecule has 0 amide bonds. The minimum atomic E-state index is -2.67. The number of carbonyl (C=O) groups excluding carboxylic acids is 1. The van der Waals surface area contributed by atoms with E-state index < -0.39 is 17.9 Å². The Morgan fingerprint density at radius 1 is 1.32 bits per heavy atom. The molecule has 0 saturated heterocycles. The third kappa shape index (κ3) is 4.08. The number of nitrogens with one attached hydrogen (secondary N) is 1. The number of halogens is 3. The Kier molecular flexibility index (Phi) is 5.83. The number of esters is 1. The average Bonchev–Trinajstić information content (AvgIpc) is 2.69. The highest BCUT2D eigenvalue weighted by Gasteiger charge is 2.45. The highest BCUT2D eigenvalue weighted by molar-refractivity contribution is 7.99. The van der Waals surface area contributed by atoms with Crippen molar-refractivity contribution in [1.29, 1.82) is 0 Å². The van der Waals surface area contributed by atoms with Crippen molar-refractivity contribution in [1.82, 2.24) is 9.55 Å². The predicted molar refractivity (Wildman–Crippen MR) is 119 cm³/mol. The lowest BCUT2D eigenvalue weighted by Gasteiger charge is -2.35. The molecule has 4 rings (SSSR count). The molecule has 1 N–H and O–H groups in total. The van der Waals surface area contributed by atoms with E-state index in [1.165, 1.54) is 11.8 Å². The van der Waals surface area contributed by atoms with Crippen molar-refractivity contribution >= 4 is 57.1 Å². The highest BCUT2D eigenvalue weighted by atomic mass is 35.5. The van der Waals surface area contributed by atoms with Gasteiger partial charge in [0.2, 0.25) is 0 Å². The zero-order valence-corrected chi connectivity index (χ0v) is 18.4. The van der Waals surface area contributed by atoms with Gasteiger partial charge in [0, 0.05) is 24.3 Å². The molecule has 0 spiro atoms. The minimum absolute atomic E-state index is 0.174. The molecule has 0 bridgehead atoms. The smallest absolute Gasteiger partial charge is 0.326 e. The maximum Gasteiger partial charge on any atom is 0.326 e. The number of aromatic nitrogens is 2. The summed E-state index contributed by atoms with van der Waals surface area (Å²) < 4.78 is 33.1. The molecular formula is C21H20ClF2N3O3S. The van der Waals surface area contributed by atoms with Gasteiger partial charge in [-0.1, -0.05) is 11.6 Å². The summed E-state index contributed by atoms with van der Waals surface area (Å²) in [5.74, 6) is -2.79. The van der Waals surface area contributed by atoms with Crippen LogP contribution in [0.2, 0.25) is 5.02 Å². The van der Waals surface area contributed by atoms with E-state index in [4.69, 9.17) is 16.3 Å². The van der Waals surface area contributed by atoms with Gasteiger partial charge in [-0.05, 0) is 37.4 Å². The molecule has 2 aromatic heterocycles. The van der Waals surface area contributed by atoms with Gasteiger partial charge in [-0.15, -0.1) is 11.8 Å². The molecule has 31 heavy (non-hydrogen) atoms. The zero-order chi connectivity index (χ0) is 22.3. The van der Waals surface area contributed by atoms with Gasteiger partial charge in [0.25, 0.3) is 5.92 Å². The summed E-state index contributed by atoms with van der Waals surface area (Å²) in [7, 11) is 0. The largest absolute Gasteiger partial charge is 0.465 e. The monoisotopic (exact) mass is 467 g/mol. The number of alkyl halides is 2. The highest BCUT2D eigenvalue weighted by Crippen LogP contribution is 2.39. The van der Waals surface area contributed by atoms with Gasteiger partial charge in [-0.2, -0.15) is 0 Å². The maximum absolute atomic E-state index is 13.2. The van der Waals surface area contributed by atoms with Crippen LogP contribution in [-0.2, 0) is 16.1 Å². The summed E-state index contributed by atoms with van der Waals surface area (Å²) in [5.41, 5.74) is 0.510. The Morgan fingerprint density at radius 3 is 2.68 bits per heavy atom. The molecule has 10 heteroatoms. The van der Waals surface area contributed by atoms with Crippen molar-refractivity contribution in [3.8, 4) is 0 Å². The minimum Gasteiger partial charge on any atom is -0.465 e. The molecule has 1 saturated carbocycles. The molecule has 2 heterocycles. The van der Waals surface area contributed by atoms with Gasteiger partial charge < -0.3 is 14.6 Å². The first-order valence-electron chi connectivity index (χ1n) is 9.74. The normalized spacial score (nSPS) is 15.8. The van der Waals surface area contributed by atoms with E-state index in [2.05, 4.69) is 10.3 Å². The van der Waals surface area contributed by atoms with Gasteiger partial charge >= 0.3 is 5.97 Å². The lowest BCUT2D eigenvalue weighted by Crippen LogP contribution is -2.44. The van der Waals surface area contributed by atoms with Crippen molar-refractivity contribution in [2.75, 3.05) is 18.2 Å². The van der Waals surface area contributed by atoms with Crippen molar-refractivity contribution < 1.29 is 18.3 Å². The standard InChI is InChI=1S/C21H20ClF2N3O3S/c1-3-30-16(28)10-27-17-12(4-6-14(22)19(17)31-2)18(29)13-5-7-15(26-20(13)27)25-11-8-21(23,24)9-11/h4-7,11H,3,8-10H2,1-2H3,(H,25,26). The number of rotatable bonds is 6. The molecule has 6 nitrogen and oxygen atoms in total. The first kappa shape index (κ1) is 21.8. The Balaban J connectivity index is 1.93. The number of ether oxygens (including phenoxy) is 1. The molecule has 0 unspecified atom stereocenters. The molecule has 1 aliphatic rings. The van der Waals surface area contributed by atoms with E-state index in [-0.39, 0.29) is 37.1 Å². The third-order valence-electron chi connectivity index (χ3n) is 5.21. The molecule has 0 aliphatic heterocycles. The molecule has 1 aromatic carbocycles. The first-order valence-corrected chi connectivity index (χ1v) is 11.3. The van der Waals surface area contributed by atoms with Crippen molar-refractivity contribution in [3.63, 3.8) is 0 Å². The number of anilines is 1. The quantitative estimate of drug-likeness (QED) is 0.322. The Hall–Kier alpha value is -2.39. The third-order valence-corrected chi connectivity index (χ3v) is 6.46. The van der Waals surface area contributed by atoms with Gasteiger partial charge in [0.1, 0.15) is 18.0 Å². The van der Waals surface area contributed by atoms with E-state index in [9.17, 15) is 18.4 Å². The van der Waals surface area contributed by atoms with Crippen LogP contribution in [-0.4, -0.2) is 40.3 Å². The second-order valence-corrected chi connectivity index (χ2v) is 8.59. The Bertz CT molecular complexity index is 1240. The van der Waals surface area contributed by atoms with E-state index in [0.717, 1.165) is 0 Å². The van der Waals surface area contributed by atoms with Crippen molar-refractivity contribution in [3.05, 3.63) is 39.5 Å². The van der Waals surface area contributed by atoms with Crippen LogP contribution in [0.15, 0.2) is 34.0 Å². The topological polar surface area (TPSA) is 73.2 Å². The van der Waals surface area contributed by atoms with E-state index in [0.29, 0.717) is 32.0 Å². The van der Waals surface area contributed by atoms with Crippen LogP contribution >= 0.6 is 23.4 Å². The number of benzene rings is 1. The fourth-order valence-electron chi connectivity index (χ4n) is 3.82. The molecular weight excluding hydrogens is 448 g/mol. The fourth-order valence-corrected chi connectivity index (χ4v) is 4.88. The second-order valence-electron chi connectivity index (χ2n) is 7.37. The average molecular weight is 468 g/mol. The van der Waals surface area contributed by atoms with Crippen LogP contribution in [0.3, 0.4) is 0 Å². The van der Waals surface area contributed by atoms with Crippen LogP contribution in [0.1, 0.15) is 19.8 Å². The number of thioether (sulfide) groups is 1. The van der Waals surface area contributed by atoms with E-state index in [1.54, 1.807) is 35.8 Å². The van der Waals surface area contributed by atoms with Gasteiger partial charge in [0.15, 0.2) is 5.43 Å². The molecule has 1 aliphatic carbocycles. The van der Waals surface area contributed by atoms with Crippen molar-refractivity contribution in [2.45, 2.75) is 43.2 Å². The number of carbonyl (C=O) groups is 1. The Labute approximate surface area is 185 Å². The van der Waals surface area contributed by atoms with Gasteiger partial charge in [-0.25, -0.2) is 13.8 Å². The number of hydrogen-bond acceptors (Lipinski definition) is 6. The zero-order valence-electron chi connectivity index (χ0n) is 16.9. The van der Waals surface area contributed by atoms with Gasteiger partial charge in [0.05, 0.1) is 27.4 Å².